The predicted octanol–water partition coefficient (Wildman–Crippen LogP) is 1.83. The van der Waals surface area contributed by atoms with E-state index in [1.165, 1.54) is 0 Å². The predicted molar refractivity (Wildman–Crippen MR) is 64.2 cm³/mol. The molecule has 0 N–H and O–H groups in total. The summed E-state index contributed by atoms with van der Waals surface area (Å²) in [5, 5.41) is 0. The molecule has 0 aliphatic rings. The summed E-state index contributed by atoms with van der Waals surface area (Å²) in [6.45, 7) is 12.6. The Bertz CT molecular complexity index is 247. The van der Waals surface area contributed by atoms with Gasteiger partial charge in [-0.25, -0.2) is 9.59 Å². The molecule has 0 fully saturated rings. The molecule has 5 nitrogen and oxygen atoms in total. The van der Waals surface area contributed by atoms with Crippen molar-refractivity contribution in [2.45, 2.75) is 27.1 Å². The maximum absolute atomic E-state index is 10.5. The molecule has 0 heterocycles. The van der Waals surface area contributed by atoms with Gasteiger partial charge in [0.1, 0.15) is 0 Å². The molecular formula is C12H20O5. The average molecular weight is 244 g/mol. The smallest absolute Gasteiger partial charge is 0.332 e. The molecule has 0 rings (SSSR count). The summed E-state index contributed by atoms with van der Waals surface area (Å²) in [6, 6.07) is 0. The van der Waals surface area contributed by atoms with E-state index in [1.807, 2.05) is 6.92 Å². The fourth-order valence-corrected chi connectivity index (χ4v) is 0.682. The van der Waals surface area contributed by atoms with Crippen LogP contribution in [0.2, 0.25) is 0 Å². The first-order valence-corrected chi connectivity index (χ1v) is 5.25. The molecule has 0 saturated heterocycles. The van der Waals surface area contributed by atoms with Crippen molar-refractivity contribution in [1.29, 1.82) is 0 Å². The normalized spacial score (nSPS) is 10.3. The highest BCUT2D eigenvalue weighted by Crippen LogP contribution is 1.93. The quantitative estimate of drug-likeness (QED) is 0.405. The maximum Gasteiger partial charge on any atom is 0.332 e. The van der Waals surface area contributed by atoms with Gasteiger partial charge in [0.25, 0.3) is 0 Å². The molecule has 0 aliphatic heterocycles. The Balaban J connectivity index is 0. The van der Waals surface area contributed by atoms with Gasteiger partial charge in [-0.1, -0.05) is 13.2 Å². The monoisotopic (exact) mass is 244 g/mol. The minimum atomic E-state index is -0.476. The summed E-state index contributed by atoms with van der Waals surface area (Å²) < 4.78 is 14.0. The number of ether oxygens (including phenoxy) is 3. The van der Waals surface area contributed by atoms with Crippen LogP contribution in [0.1, 0.15) is 20.8 Å². The lowest BCUT2D eigenvalue weighted by Gasteiger charge is -2.10. The second-order valence-corrected chi connectivity index (χ2v) is 2.62. The van der Waals surface area contributed by atoms with Crippen molar-refractivity contribution < 1.29 is 23.8 Å². The second kappa shape index (κ2) is 12.4. The van der Waals surface area contributed by atoms with Crippen LogP contribution in [-0.2, 0) is 23.8 Å². The molecule has 0 amide bonds. The fourth-order valence-electron chi connectivity index (χ4n) is 0.682. The van der Waals surface area contributed by atoms with Crippen LogP contribution in [-0.4, -0.2) is 31.4 Å². The minimum absolute atomic E-state index is 0.359. The highest BCUT2D eigenvalue weighted by atomic mass is 16.7. The molecule has 1 unspecified atom stereocenters. The van der Waals surface area contributed by atoms with Gasteiger partial charge in [-0.3, -0.25) is 0 Å². The molecule has 0 aromatic heterocycles. The van der Waals surface area contributed by atoms with Gasteiger partial charge in [-0.15, -0.1) is 0 Å². The molecule has 5 heteroatoms. The van der Waals surface area contributed by atoms with E-state index in [-0.39, 0.29) is 5.97 Å². The fraction of sp³-hybridized carbons (Fsp3) is 0.500. The zero-order valence-corrected chi connectivity index (χ0v) is 10.6. The highest BCUT2D eigenvalue weighted by molar-refractivity contribution is 5.81. The number of carbonyl (C=O) groups excluding carboxylic acids is 2. The molecule has 1 atom stereocenters. The number of hydrogen-bond donors (Lipinski definition) is 0. The van der Waals surface area contributed by atoms with Crippen LogP contribution in [0.15, 0.2) is 25.3 Å². The lowest BCUT2D eigenvalue weighted by molar-refractivity contribution is -0.167. The standard InChI is InChI=1S/C7H12O3.C5H8O2/c1-4-7(8)10-6(3)9-5-2;1-3-5(6)7-4-2/h4,6H,1,5H2,2-3H3;3H,1,4H2,2H3. The van der Waals surface area contributed by atoms with E-state index in [0.717, 1.165) is 12.2 Å². The zero-order chi connectivity index (χ0) is 13.7. The Hall–Kier alpha value is -1.62. The number of hydrogen-bond acceptors (Lipinski definition) is 5. The Morgan fingerprint density at radius 3 is 1.94 bits per heavy atom. The Kier molecular flexibility index (Phi) is 13.0. The average Bonchev–Trinajstić information content (AvgIpc) is 2.30. The van der Waals surface area contributed by atoms with Crippen molar-refractivity contribution >= 4 is 11.9 Å². The third-order valence-electron chi connectivity index (χ3n) is 1.30. The van der Waals surface area contributed by atoms with E-state index in [1.54, 1.807) is 13.8 Å². The molecule has 98 valence electrons. The van der Waals surface area contributed by atoms with E-state index < -0.39 is 12.3 Å². The molecule has 0 saturated carbocycles. The van der Waals surface area contributed by atoms with Gasteiger partial charge in [0.15, 0.2) is 6.29 Å². The number of esters is 2. The lowest BCUT2D eigenvalue weighted by atomic mass is 10.6. The second-order valence-electron chi connectivity index (χ2n) is 2.62. The van der Waals surface area contributed by atoms with Gasteiger partial charge in [-0.2, -0.15) is 0 Å². The van der Waals surface area contributed by atoms with Crippen LogP contribution in [0, 0.1) is 0 Å². The highest BCUT2D eigenvalue weighted by Gasteiger charge is 2.03. The van der Waals surface area contributed by atoms with Crippen LogP contribution in [0.4, 0.5) is 0 Å². The van der Waals surface area contributed by atoms with Gasteiger partial charge in [0, 0.05) is 18.8 Å². The van der Waals surface area contributed by atoms with Crippen molar-refractivity contribution in [3.8, 4) is 0 Å². The molecule has 0 bridgehead atoms. The van der Waals surface area contributed by atoms with Gasteiger partial charge in [0.2, 0.25) is 0 Å². The van der Waals surface area contributed by atoms with Crippen molar-refractivity contribution in [3.63, 3.8) is 0 Å². The van der Waals surface area contributed by atoms with Crippen LogP contribution in [0.5, 0.6) is 0 Å². The Labute approximate surface area is 102 Å². The van der Waals surface area contributed by atoms with Crippen molar-refractivity contribution in [2.24, 2.45) is 0 Å². The topological polar surface area (TPSA) is 61.8 Å². The Morgan fingerprint density at radius 2 is 1.65 bits per heavy atom. The van der Waals surface area contributed by atoms with E-state index >= 15 is 0 Å². The summed E-state index contributed by atoms with van der Waals surface area (Å²) in [5.41, 5.74) is 0. The first-order chi connectivity index (χ1) is 8.01. The van der Waals surface area contributed by atoms with Crippen LogP contribution >= 0.6 is 0 Å². The van der Waals surface area contributed by atoms with Crippen molar-refractivity contribution in [2.75, 3.05) is 13.2 Å². The Morgan fingerprint density at radius 1 is 1.12 bits per heavy atom. The lowest BCUT2D eigenvalue weighted by Crippen LogP contribution is -2.16. The van der Waals surface area contributed by atoms with E-state index in [0.29, 0.717) is 13.2 Å². The third kappa shape index (κ3) is 14.4. The largest absolute Gasteiger partial charge is 0.463 e. The van der Waals surface area contributed by atoms with Crippen LogP contribution in [0.25, 0.3) is 0 Å². The van der Waals surface area contributed by atoms with Crippen LogP contribution in [0.3, 0.4) is 0 Å². The number of carbonyl (C=O) groups is 2. The molecule has 0 aromatic carbocycles. The molecule has 0 radical (unpaired) electrons. The van der Waals surface area contributed by atoms with Gasteiger partial charge < -0.3 is 14.2 Å². The minimum Gasteiger partial charge on any atom is -0.463 e. The van der Waals surface area contributed by atoms with Crippen LogP contribution < -0.4 is 0 Å². The van der Waals surface area contributed by atoms with E-state index in [9.17, 15) is 9.59 Å². The first-order valence-electron chi connectivity index (χ1n) is 5.25. The summed E-state index contributed by atoms with van der Waals surface area (Å²) >= 11 is 0. The number of rotatable bonds is 6. The molecule has 0 spiro atoms. The zero-order valence-electron chi connectivity index (χ0n) is 10.6. The third-order valence-corrected chi connectivity index (χ3v) is 1.30. The van der Waals surface area contributed by atoms with Crippen molar-refractivity contribution in [3.05, 3.63) is 25.3 Å². The summed E-state index contributed by atoms with van der Waals surface area (Å²) in [5.74, 6) is -0.816. The summed E-state index contributed by atoms with van der Waals surface area (Å²) in [6.07, 6.45) is 1.77. The molecule has 0 aliphatic carbocycles. The van der Waals surface area contributed by atoms with E-state index in [4.69, 9.17) is 4.74 Å². The maximum atomic E-state index is 10.5. The first kappa shape index (κ1) is 17.8. The van der Waals surface area contributed by atoms with Crippen molar-refractivity contribution in [1.82, 2.24) is 0 Å². The molecular weight excluding hydrogens is 224 g/mol. The van der Waals surface area contributed by atoms with Gasteiger partial charge >= 0.3 is 11.9 Å². The summed E-state index contributed by atoms with van der Waals surface area (Å²) in [7, 11) is 0. The SMILES string of the molecule is C=CC(=O)OC(C)OCC.C=CC(=O)OCC. The van der Waals surface area contributed by atoms with E-state index in [2.05, 4.69) is 22.6 Å². The van der Waals surface area contributed by atoms with Gasteiger partial charge in [-0.05, 0) is 20.8 Å². The van der Waals surface area contributed by atoms with Gasteiger partial charge in [0.05, 0.1) is 6.61 Å². The summed E-state index contributed by atoms with van der Waals surface area (Å²) in [4.78, 5) is 20.5. The molecule has 17 heavy (non-hydrogen) atoms. The molecule has 0 aromatic rings.